The molecule has 6 nitrogen and oxygen atoms in total. The highest BCUT2D eigenvalue weighted by Crippen LogP contribution is 2.09. The first-order valence-corrected chi connectivity index (χ1v) is 7.68. The minimum Gasteiger partial charge on any atom is -0.494 e. The number of ether oxygens (including phenoxy) is 3. The average molecular weight is 323 g/mol. The van der Waals surface area contributed by atoms with Crippen LogP contribution in [0.4, 0.5) is 0 Å². The van der Waals surface area contributed by atoms with Crippen LogP contribution in [0.25, 0.3) is 0 Å². The molecule has 6 heteroatoms. The van der Waals surface area contributed by atoms with Crippen molar-refractivity contribution in [2.75, 3.05) is 40.5 Å². The third-order valence-corrected chi connectivity index (χ3v) is 3.28. The molecule has 0 aliphatic heterocycles. The van der Waals surface area contributed by atoms with Crippen LogP contribution >= 0.6 is 0 Å². The van der Waals surface area contributed by atoms with Gasteiger partial charge in [-0.2, -0.15) is 0 Å². The van der Waals surface area contributed by atoms with Gasteiger partial charge in [-0.05, 0) is 18.6 Å². The van der Waals surface area contributed by atoms with Crippen LogP contribution in [0, 0.1) is 0 Å². The van der Waals surface area contributed by atoms with E-state index in [0.29, 0.717) is 39.1 Å². The number of methoxy groups -OCH3 is 2. The zero-order valence-electron chi connectivity index (χ0n) is 13.8. The molecule has 1 amide bonds. The molecule has 1 aromatic carbocycles. The van der Waals surface area contributed by atoms with Gasteiger partial charge in [0, 0.05) is 26.6 Å². The number of para-hydroxylation sites is 1. The second kappa shape index (κ2) is 11.5. The Morgan fingerprint density at radius 1 is 1.00 bits per heavy atom. The number of carbonyl (C=O) groups excluding carboxylic acids is 2. The molecule has 23 heavy (non-hydrogen) atoms. The van der Waals surface area contributed by atoms with E-state index in [-0.39, 0.29) is 18.3 Å². The van der Waals surface area contributed by atoms with Gasteiger partial charge in [0.1, 0.15) is 5.75 Å². The third kappa shape index (κ3) is 8.21. The largest absolute Gasteiger partial charge is 0.494 e. The number of nitrogens with zero attached hydrogens (tertiary/aromatic N) is 1. The van der Waals surface area contributed by atoms with Crippen LogP contribution in [0.15, 0.2) is 30.3 Å². The lowest BCUT2D eigenvalue weighted by atomic mass is 10.2. The van der Waals surface area contributed by atoms with Gasteiger partial charge in [-0.15, -0.1) is 0 Å². The maximum atomic E-state index is 12.2. The van der Waals surface area contributed by atoms with Crippen LogP contribution in [0.2, 0.25) is 0 Å². The molecule has 0 radical (unpaired) electrons. The van der Waals surface area contributed by atoms with Gasteiger partial charge in [-0.3, -0.25) is 9.59 Å². The highest BCUT2D eigenvalue weighted by Gasteiger charge is 2.14. The van der Waals surface area contributed by atoms with E-state index >= 15 is 0 Å². The predicted molar refractivity (Wildman–Crippen MR) is 86.3 cm³/mol. The Kier molecular flexibility index (Phi) is 9.47. The van der Waals surface area contributed by atoms with Crippen molar-refractivity contribution in [3.05, 3.63) is 30.3 Å². The molecule has 0 heterocycles. The molecule has 0 unspecified atom stereocenters. The Balaban J connectivity index is 2.32. The van der Waals surface area contributed by atoms with Crippen LogP contribution < -0.4 is 4.74 Å². The van der Waals surface area contributed by atoms with E-state index in [1.165, 1.54) is 7.11 Å². The molecule has 0 spiro atoms. The number of hydrogen-bond acceptors (Lipinski definition) is 5. The van der Waals surface area contributed by atoms with E-state index in [4.69, 9.17) is 9.47 Å². The second-order valence-corrected chi connectivity index (χ2v) is 4.96. The molecule has 0 saturated heterocycles. The Labute approximate surface area is 137 Å². The Bertz CT molecular complexity index is 463. The summed E-state index contributed by atoms with van der Waals surface area (Å²) >= 11 is 0. The van der Waals surface area contributed by atoms with Crippen LogP contribution in [0.3, 0.4) is 0 Å². The fraction of sp³-hybridized carbons (Fsp3) is 0.529. The summed E-state index contributed by atoms with van der Waals surface area (Å²) in [5.41, 5.74) is 0. The summed E-state index contributed by atoms with van der Waals surface area (Å²) in [5.74, 6) is 0.456. The SMILES string of the molecule is COCCN(CCC(=O)OC)C(=O)CCCOc1ccccc1. The molecule has 0 bridgehead atoms. The molecule has 0 saturated carbocycles. The molecule has 1 rings (SSSR count). The normalized spacial score (nSPS) is 10.2. The Morgan fingerprint density at radius 3 is 2.39 bits per heavy atom. The highest BCUT2D eigenvalue weighted by atomic mass is 16.5. The molecular formula is C17H25NO5. The number of amides is 1. The van der Waals surface area contributed by atoms with Crippen LogP contribution in [0.5, 0.6) is 5.75 Å². The van der Waals surface area contributed by atoms with Gasteiger partial charge >= 0.3 is 5.97 Å². The van der Waals surface area contributed by atoms with Crippen molar-refractivity contribution in [3.8, 4) is 5.75 Å². The molecular weight excluding hydrogens is 298 g/mol. The number of hydrogen-bond donors (Lipinski definition) is 0. The smallest absolute Gasteiger partial charge is 0.307 e. The van der Waals surface area contributed by atoms with Gasteiger partial charge < -0.3 is 19.1 Å². The quantitative estimate of drug-likeness (QED) is 0.459. The summed E-state index contributed by atoms with van der Waals surface area (Å²) in [6, 6.07) is 9.48. The molecule has 0 atom stereocenters. The first-order chi connectivity index (χ1) is 11.2. The van der Waals surface area contributed by atoms with Gasteiger partial charge in [0.05, 0.1) is 26.7 Å². The summed E-state index contributed by atoms with van der Waals surface area (Å²) in [7, 11) is 2.92. The van der Waals surface area contributed by atoms with Crippen molar-refractivity contribution in [2.24, 2.45) is 0 Å². The van der Waals surface area contributed by atoms with Crippen molar-refractivity contribution in [2.45, 2.75) is 19.3 Å². The number of esters is 1. The van der Waals surface area contributed by atoms with Crippen LogP contribution in [-0.4, -0.2) is 57.3 Å². The zero-order chi connectivity index (χ0) is 16.9. The molecule has 1 aromatic rings. The average Bonchev–Trinajstić information content (AvgIpc) is 2.59. The number of rotatable bonds is 11. The van der Waals surface area contributed by atoms with Gasteiger partial charge in [-0.25, -0.2) is 0 Å². The summed E-state index contributed by atoms with van der Waals surface area (Å²) in [6.45, 7) is 1.72. The van der Waals surface area contributed by atoms with Gasteiger partial charge in [0.2, 0.25) is 5.91 Å². The van der Waals surface area contributed by atoms with E-state index in [1.54, 1.807) is 12.0 Å². The van der Waals surface area contributed by atoms with E-state index in [0.717, 1.165) is 5.75 Å². The predicted octanol–water partition coefficient (Wildman–Crippen LogP) is 1.88. The van der Waals surface area contributed by atoms with Gasteiger partial charge in [0.15, 0.2) is 0 Å². The molecule has 0 aliphatic carbocycles. The summed E-state index contributed by atoms with van der Waals surface area (Å²) < 4.78 is 15.2. The third-order valence-electron chi connectivity index (χ3n) is 3.28. The minimum atomic E-state index is -0.326. The molecule has 0 aliphatic rings. The van der Waals surface area contributed by atoms with Crippen molar-refractivity contribution in [1.29, 1.82) is 0 Å². The molecule has 0 N–H and O–H groups in total. The summed E-state index contributed by atoms with van der Waals surface area (Å²) in [5, 5.41) is 0. The highest BCUT2D eigenvalue weighted by molar-refractivity contribution is 5.77. The minimum absolute atomic E-state index is 0.0115. The van der Waals surface area contributed by atoms with Crippen molar-refractivity contribution in [3.63, 3.8) is 0 Å². The van der Waals surface area contributed by atoms with E-state index in [9.17, 15) is 9.59 Å². The second-order valence-electron chi connectivity index (χ2n) is 4.96. The van der Waals surface area contributed by atoms with Gasteiger partial charge in [-0.1, -0.05) is 18.2 Å². The van der Waals surface area contributed by atoms with Gasteiger partial charge in [0.25, 0.3) is 0 Å². The molecule has 0 fully saturated rings. The Morgan fingerprint density at radius 2 is 1.74 bits per heavy atom. The maximum Gasteiger partial charge on any atom is 0.307 e. The summed E-state index contributed by atoms with van der Waals surface area (Å²) in [4.78, 5) is 25.1. The van der Waals surface area contributed by atoms with E-state index in [1.807, 2.05) is 30.3 Å². The monoisotopic (exact) mass is 323 g/mol. The topological polar surface area (TPSA) is 65.1 Å². The van der Waals surface area contributed by atoms with Crippen molar-refractivity contribution >= 4 is 11.9 Å². The fourth-order valence-electron chi connectivity index (χ4n) is 1.98. The first-order valence-electron chi connectivity index (χ1n) is 7.68. The number of benzene rings is 1. The molecule has 0 aromatic heterocycles. The van der Waals surface area contributed by atoms with E-state index in [2.05, 4.69) is 4.74 Å². The zero-order valence-corrected chi connectivity index (χ0v) is 13.8. The standard InChI is InChI=1S/C17H25NO5/c1-21-14-12-18(11-10-17(20)22-2)16(19)9-6-13-23-15-7-4-3-5-8-15/h3-5,7-8H,6,9-14H2,1-2H3. The lowest BCUT2D eigenvalue weighted by Crippen LogP contribution is -2.35. The maximum absolute atomic E-state index is 12.2. The first kappa shape index (κ1) is 19.0. The Hall–Kier alpha value is -2.08. The number of carbonyl (C=O) groups is 2. The summed E-state index contributed by atoms with van der Waals surface area (Å²) in [6.07, 6.45) is 1.18. The lowest BCUT2D eigenvalue weighted by Gasteiger charge is -2.22. The van der Waals surface area contributed by atoms with Crippen molar-refractivity contribution < 1.29 is 23.8 Å². The lowest BCUT2D eigenvalue weighted by molar-refractivity contribution is -0.142. The van der Waals surface area contributed by atoms with Crippen LogP contribution in [-0.2, 0) is 19.1 Å². The van der Waals surface area contributed by atoms with Crippen LogP contribution in [0.1, 0.15) is 19.3 Å². The fourth-order valence-corrected chi connectivity index (χ4v) is 1.98. The van der Waals surface area contributed by atoms with E-state index < -0.39 is 0 Å². The van der Waals surface area contributed by atoms with Crippen molar-refractivity contribution in [1.82, 2.24) is 4.90 Å². The molecule has 128 valence electrons.